The van der Waals surface area contributed by atoms with Crippen molar-refractivity contribution in [3.63, 3.8) is 0 Å². The quantitative estimate of drug-likeness (QED) is 0.912. The zero-order valence-electron chi connectivity index (χ0n) is 10.8. The van der Waals surface area contributed by atoms with Crippen LogP contribution in [0.2, 0.25) is 0 Å². The summed E-state index contributed by atoms with van der Waals surface area (Å²) in [6.07, 6.45) is 0.775. The molecule has 0 aromatic carbocycles. The minimum Gasteiger partial charge on any atom is -0.492 e. The molecule has 0 spiro atoms. The number of carboxylic acids is 1. The topological polar surface area (TPSA) is 59.4 Å². The van der Waals surface area contributed by atoms with E-state index in [4.69, 9.17) is 4.74 Å². The molecule has 0 fully saturated rings. The minimum atomic E-state index is -1.00. The van der Waals surface area contributed by atoms with E-state index >= 15 is 0 Å². The lowest BCUT2D eigenvalue weighted by Gasteiger charge is -2.11. The first-order chi connectivity index (χ1) is 9.08. The number of pyridine rings is 1. The summed E-state index contributed by atoms with van der Waals surface area (Å²) in [6.45, 7) is 3.97. The Morgan fingerprint density at radius 3 is 2.89 bits per heavy atom. The third kappa shape index (κ3) is 3.32. The number of rotatable bonds is 5. The monoisotopic (exact) mass is 277 g/mol. The van der Waals surface area contributed by atoms with Gasteiger partial charge in [0.05, 0.1) is 12.3 Å². The number of nitrogens with zero attached hydrogens (tertiary/aromatic N) is 1. The van der Waals surface area contributed by atoms with E-state index in [2.05, 4.69) is 4.98 Å². The first-order valence-electron chi connectivity index (χ1n) is 5.94. The van der Waals surface area contributed by atoms with Crippen molar-refractivity contribution in [3.8, 4) is 5.75 Å². The molecule has 0 aliphatic carbocycles. The largest absolute Gasteiger partial charge is 0.492 e. The molecule has 0 unspecified atom stereocenters. The van der Waals surface area contributed by atoms with Gasteiger partial charge in [-0.2, -0.15) is 0 Å². The second-order valence-electron chi connectivity index (χ2n) is 4.21. The van der Waals surface area contributed by atoms with Gasteiger partial charge in [0.1, 0.15) is 11.3 Å². The Balaban J connectivity index is 2.12. The molecule has 5 heteroatoms. The van der Waals surface area contributed by atoms with Crippen molar-refractivity contribution in [2.45, 2.75) is 20.3 Å². The van der Waals surface area contributed by atoms with Gasteiger partial charge < -0.3 is 9.84 Å². The van der Waals surface area contributed by atoms with Crippen molar-refractivity contribution in [1.82, 2.24) is 4.98 Å². The van der Waals surface area contributed by atoms with Crippen molar-refractivity contribution < 1.29 is 14.6 Å². The summed E-state index contributed by atoms with van der Waals surface area (Å²) in [5.41, 5.74) is 1.39. The van der Waals surface area contributed by atoms with E-state index in [1.54, 1.807) is 24.3 Å². The van der Waals surface area contributed by atoms with Crippen molar-refractivity contribution in [2.24, 2.45) is 0 Å². The molecule has 1 N–H and O–H groups in total. The summed E-state index contributed by atoms with van der Waals surface area (Å²) in [4.78, 5) is 16.6. The Morgan fingerprint density at radius 2 is 2.26 bits per heavy atom. The molecule has 2 aromatic heterocycles. The van der Waals surface area contributed by atoms with Crippen molar-refractivity contribution in [1.29, 1.82) is 0 Å². The van der Waals surface area contributed by atoms with E-state index in [9.17, 15) is 9.90 Å². The highest BCUT2D eigenvalue weighted by molar-refractivity contribution is 7.09. The highest BCUT2D eigenvalue weighted by Gasteiger charge is 2.16. The molecular weight excluding hydrogens is 262 g/mol. The molecule has 0 bridgehead atoms. The molecule has 0 atom stereocenters. The van der Waals surface area contributed by atoms with Gasteiger partial charge in [0.25, 0.3) is 0 Å². The van der Waals surface area contributed by atoms with E-state index in [0.29, 0.717) is 18.1 Å². The SMILES string of the molecule is Cc1cc(OCCc2cccs2)c(C(=O)O)c(C)n1. The van der Waals surface area contributed by atoms with Gasteiger partial charge in [0.15, 0.2) is 0 Å². The van der Waals surface area contributed by atoms with Crippen LogP contribution in [-0.2, 0) is 6.42 Å². The van der Waals surface area contributed by atoms with Crippen molar-refractivity contribution in [2.75, 3.05) is 6.61 Å². The predicted molar refractivity (Wildman–Crippen MR) is 74.2 cm³/mol. The Kier molecular flexibility index (Phi) is 4.16. The zero-order valence-corrected chi connectivity index (χ0v) is 11.7. The predicted octanol–water partition coefficient (Wildman–Crippen LogP) is 3.08. The summed E-state index contributed by atoms with van der Waals surface area (Å²) in [6, 6.07) is 5.70. The molecule has 0 amide bonds. The average Bonchev–Trinajstić information content (AvgIpc) is 2.80. The van der Waals surface area contributed by atoms with Gasteiger partial charge in [0.2, 0.25) is 0 Å². The molecule has 0 aliphatic rings. The molecule has 2 heterocycles. The number of hydrogen-bond donors (Lipinski definition) is 1. The van der Waals surface area contributed by atoms with Crippen LogP contribution < -0.4 is 4.74 Å². The normalized spacial score (nSPS) is 10.4. The number of aromatic nitrogens is 1. The van der Waals surface area contributed by atoms with Crippen LogP contribution in [0.25, 0.3) is 0 Å². The fourth-order valence-electron chi connectivity index (χ4n) is 1.88. The number of aryl methyl sites for hydroxylation is 2. The Morgan fingerprint density at radius 1 is 1.47 bits per heavy atom. The van der Waals surface area contributed by atoms with Crippen molar-refractivity contribution >= 4 is 17.3 Å². The van der Waals surface area contributed by atoms with Gasteiger partial charge >= 0.3 is 5.97 Å². The molecule has 0 radical (unpaired) electrons. The van der Waals surface area contributed by atoms with E-state index < -0.39 is 5.97 Å². The average molecular weight is 277 g/mol. The minimum absolute atomic E-state index is 0.150. The highest BCUT2D eigenvalue weighted by atomic mass is 32.1. The smallest absolute Gasteiger partial charge is 0.341 e. The first-order valence-corrected chi connectivity index (χ1v) is 6.82. The lowest BCUT2D eigenvalue weighted by molar-refractivity contribution is 0.0691. The van der Waals surface area contributed by atoms with Crippen LogP contribution >= 0.6 is 11.3 Å². The molecule has 0 saturated carbocycles. The zero-order chi connectivity index (χ0) is 13.8. The number of hydrogen-bond acceptors (Lipinski definition) is 4. The molecular formula is C14H15NO3S. The molecule has 19 heavy (non-hydrogen) atoms. The Labute approximate surface area is 115 Å². The fraction of sp³-hybridized carbons (Fsp3) is 0.286. The Bertz CT molecular complexity index is 579. The standard InChI is InChI=1S/C14H15NO3S/c1-9-8-12(13(14(16)17)10(2)15-9)18-6-5-11-4-3-7-19-11/h3-4,7-8H,5-6H2,1-2H3,(H,16,17). The van der Waals surface area contributed by atoms with Gasteiger partial charge in [-0.15, -0.1) is 11.3 Å². The highest BCUT2D eigenvalue weighted by Crippen LogP contribution is 2.22. The molecule has 2 rings (SSSR count). The first kappa shape index (κ1) is 13.5. The molecule has 0 saturated heterocycles. The van der Waals surface area contributed by atoms with E-state index in [1.165, 1.54) is 4.88 Å². The van der Waals surface area contributed by atoms with E-state index in [0.717, 1.165) is 12.1 Å². The lowest BCUT2D eigenvalue weighted by Crippen LogP contribution is -2.09. The Hall–Kier alpha value is -1.88. The second kappa shape index (κ2) is 5.84. The fourth-order valence-corrected chi connectivity index (χ4v) is 2.57. The van der Waals surface area contributed by atoms with Gasteiger partial charge in [-0.3, -0.25) is 4.98 Å². The van der Waals surface area contributed by atoms with Gasteiger partial charge in [-0.05, 0) is 25.3 Å². The maximum absolute atomic E-state index is 11.2. The van der Waals surface area contributed by atoms with E-state index in [1.807, 2.05) is 24.4 Å². The van der Waals surface area contributed by atoms with Gasteiger partial charge in [-0.25, -0.2) is 4.79 Å². The summed E-state index contributed by atoms with van der Waals surface area (Å²) >= 11 is 1.67. The summed E-state index contributed by atoms with van der Waals surface area (Å²) < 4.78 is 5.62. The number of carboxylic acid groups (broad SMARTS) is 1. The van der Waals surface area contributed by atoms with Crippen molar-refractivity contribution in [3.05, 3.63) is 45.4 Å². The van der Waals surface area contributed by atoms with Gasteiger partial charge in [-0.1, -0.05) is 6.07 Å². The number of ether oxygens (including phenoxy) is 1. The molecule has 100 valence electrons. The second-order valence-corrected chi connectivity index (χ2v) is 5.24. The van der Waals surface area contributed by atoms with Crippen LogP contribution in [0, 0.1) is 13.8 Å². The third-order valence-electron chi connectivity index (χ3n) is 2.69. The third-order valence-corrected chi connectivity index (χ3v) is 3.63. The van der Waals surface area contributed by atoms with Crippen LogP contribution in [0.15, 0.2) is 23.6 Å². The van der Waals surface area contributed by atoms with Crippen LogP contribution in [0.4, 0.5) is 0 Å². The lowest BCUT2D eigenvalue weighted by atomic mass is 10.1. The molecule has 0 aliphatic heterocycles. The van der Waals surface area contributed by atoms with Crippen LogP contribution in [0.3, 0.4) is 0 Å². The van der Waals surface area contributed by atoms with Crippen LogP contribution in [0.5, 0.6) is 5.75 Å². The van der Waals surface area contributed by atoms with Crippen LogP contribution in [0.1, 0.15) is 26.6 Å². The van der Waals surface area contributed by atoms with E-state index in [-0.39, 0.29) is 5.56 Å². The number of thiophene rings is 1. The molecule has 2 aromatic rings. The maximum atomic E-state index is 11.2. The number of carbonyl (C=O) groups is 1. The maximum Gasteiger partial charge on any atom is 0.341 e. The molecule has 4 nitrogen and oxygen atoms in total. The summed E-state index contributed by atoms with van der Waals surface area (Å²) in [5, 5.41) is 11.2. The van der Waals surface area contributed by atoms with Crippen LogP contribution in [-0.4, -0.2) is 22.7 Å². The summed E-state index contributed by atoms with van der Waals surface area (Å²) in [5.74, 6) is -0.606. The summed E-state index contributed by atoms with van der Waals surface area (Å²) in [7, 11) is 0. The van der Waals surface area contributed by atoms with Gasteiger partial charge in [0, 0.05) is 23.1 Å². The number of aromatic carboxylic acids is 1.